The fraction of sp³-hybridized carbons (Fsp3) is 0.300. The fourth-order valence-corrected chi connectivity index (χ4v) is 1.68. The second kappa shape index (κ2) is 3.17. The van der Waals surface area contributed by atoms with Crippen LogP contribution in [0.5, 0.6) is 0 Å². The third-order valence-corrected chi connectivity index (χ3v) is 2.54. The van der Waals surface area contributed by atoms with Crippen LogP contribution in [0.25, 0.3) is 0 Å². The van der Waals surface area contributed by atoms with Gasteiger partial charge in [-0.2, -0.15) is 0 Å². The van der Waals surface area contributed by atoms with Gasteiger partial charge in [0.15, 0.2) is 0 Å². The van der Waals surface area contributed by atoms with Crippen LogP contribution in [0.1, 0.15) is 12.5 Å². The Labute approximate surface area is 87.5 Å². The molecule has 0 amide bonds. The molecule has 1 aromatic rings. The summed E-state index contributed by atoms with van der Waals surface area (Å²) in [7, 11) is 0. The maximum absolute atomic E-state index is 5.90. The number of nitrogens with zero attached hydrogens (tertiary/aromatic N) is 1. The number of ether oxygens (including phenoxy) is 1. The molecule has 1 heterocycles. The Bertz CT molecular complexity index is 391. The molecule has 74 valence electrons. The summed E-state index contributed by atoms with van der Waals surface area (Å²) in [5.74, 6) is 0. The second-order valence-corrected chi connectivity index (χ2v) is 3.96. The highest BCUT2D eigenvalue weighted by atomic mass is 35.5. The van der Waals surface area contributed by atoms with Crippen molar-refractivity contribution in [3.8, 4) is 0 Å². The lowest BCUT2D eigenvalue weighted by atomic mass is 9.94. The molecule has 1 aliphatic rings. The van der Waals surface area contributed by atoms with Crippen LogP contribution in [0.15, 0.2) is 29.3 Å². The first-order valence-electron chi connectivity index (χ1n) is 4.34. The quantitative estimate of drug-likeness (QED) is 0.770. The molecular formula is C10H11ClN2O. The lowest BCUT2D eigenvalue weighted by Crippen LogP contribution is -2.20. The predicted octanol–water partition coefficient (Wildman–Crippen LogP) is 1.90. The first kappa shape index (κ1) is 9.34. The van der Waals surface area contributed by atoms with Crippen molar-refractivity contribution >= 4 is 17.6 Å². The first-order chi connectivity index (χ1) is 6.60. The molecule has 3 nitrogen and oxygen atoms in total. The van der Waals surface area contributed by atoms with E-state index >= 15 is 0 Å². The SMILES string of the molecule is CC1(c2cccc(Cl)c2)COC(N)=N1. The summed E-state index contributed by atoms with van der Waals surface area (Å²) >= 11 is 5.90. The van der Waals surface area contributed by atoms with E-state index in [1.807, 2.05) is 31.2 Å². The average molecular weight is 211 g/mol. The molecule has 0 fully saturated rings. The van der Waals surface area contributed by atoms with E-state index in [1.165, 1.54) is 0 Å². The number of hydrogen-bond donors (Lipinski definition) is 1. The third-order valence-electron chi connectivity index (χ3n) is 2.30. The zero-order chi connectivity index (χ0) is 10.2. The fourth-order valence-electron chi connectivity index (χ4n) is 1.49. The maximum Gasteiger partial charge on any atom is 0.283 e. The molecule has 1 aromatic carbocycles. The summed E-state index contributed by atoms with van der Waals surface area (Å²) in [6.45, 7) is 2.44. The number of hydrogen-bond acceptors (Lipinski definition) is 3. The minimum atomic E-state index is -0.394. The van der Waals surface area contributed by atoms with Gasteiger partial charge >= 0.3 is 0 Å². The van der Waals surface area contributed by atoms with Crippen molar-refractivity contribution in [2.24, 2.45) is 10.7 Å². The van der Waals surface area contributed by atoms with Crippen molar-refractivity contribution < 1.29 is 4.74 Å². The van der Waals surface area contributed by atoms with Gasteiger partial charge < -0.3 is 10.5 Å². The van der Waals surface area contributed by atoms with Crippen LogP contribution in [0, 0.1) is 0 Å². The number of benzene rings is 1. The van der Waals surface area contributed by atoms with Gasteiger partial charge in [0.25, 0.3) is 6.02 Å². The van der Waals surface area contributed by atoms with E-state index in [0.29, 0.717) is 11.6 Å². The van der Waals surface area contributed by atoms with Gasteiger partial charge in [-0.15, -0.1) is 0 Å². The Morgan fingerprint density at radius 1 is 1.57 bits per heavy atom. The summed E-state index contributed by atoms with van der Waals surface area (Å²) in [4.78, 5) is 4.25. The number of amidine groups is 1. The van der Waals surface area contributed by atoms with E-state index in [4.69, 9.17) is 22.1 Å². The molecule has 0 spiro atoms. The van der Waals surface area contributed by atoms with Gasteiger partial charge in [-0.3, -0.25) is 0 Å². The van der Waals surface area contributed by atoms with Crippen LogP contribution in [0.3, 0.4) is 0 Å². The Balaban J connectivity index is 2.40. The highest BCUT2D eigenvalue weighted by Crippen LogP contribution is 2.30. The van der Waals surface area contributed by atoms with Gasteiger partial charge in [0.05, 0.1) is 0 Å². The van der Waals surface area contributed by atoms with Gasteiger partial charge in [-0.1, -0.05) is 23.7 Å². The summed E-state index contributed by atoms with van der Waals surface area (Å²) in [6, 6.07) is 7.82. The molecule has 2 rings (SSSR count). The molecule has 14 heavy (non-hydrogen) atoms. The largest absolute Gasteiger partial charge is 0.462 e. The molecule has 0 aromatic heterocycles. The summed E-state index contributed by atoms with van der Waals surface area (Å²) < 4.78 is 5.15. The molecule has 1 aliphatic heterocycles. The Morgan fingerprint density at radius 3 is 2.93 bits per heavy atom. The Hall–Kier alpha value is -1.22. The predicted molar refractivity (Wildman–Crippen MR) is 56.4 cm³/mol. The first-order valence-corrected chi connectivity index (χ1v) is 4.72. The van der Waals surface area contributed by atoms with Gasteiger partial charge in [0.2, 0.25) is 0 Å². The maximum atomic E-state index is 5.90. The van der Waals surface area contributed by atoms with Gasteiger partial charge in [0.1, 0.15) is 12.1 Å². The molecule has 0 bridgehead atoms. The lowest BCUT2D eigenvalue weighted by molar-refractivity contribution is 0.266. The number of rotatable bonds is 1. The van der Waals surface area contributed by atoms with Crippen molar-refractivity contribution in [2.45, 2.75) is 12.5 Å². The zero-order valence-corrected chi connectivity index (χ0v) is 8.58. The van der Waals surface area contributed by atoms with E-state index in [1.54, 1.807) is 0 Å². The van der Waals surface area contributed by atoms with Crippen molar-refractivity contribution in [3.05, 3.63) is 34.9 Å². The van der Waals surface area contributed by atoms with Crippen LogP contribution in [-0.4, -0.2) is 12.6 Å². The van der Waals surface area contributed by atoms with Crippen LogP contribution >= 0.6 is 11.6 Å². The summed E-state index contributed by atoms with van der Waals surface area (Å²) in [6.07, 6.45) is 0. The normalized spacial score (nSPS) is 25.7. The topological polar surface area (TPSA) is 47.6 Å². The summed E-state index contributed by atoms with van der Waals surface area (Å²) in [5, 5.41) is 0.699. The van der Waals surface area contributed by atoms with Gasteiger partial charge in [-0.05, 0) is 24.6 Å². The minimum Gasteiger partial charge on any atom is -0.462 e. The van der Waals surface area contributed by atoms with E-state index < -0.39 is 5.54 Å². The van der Waals surface area contributed by atoms with Crippen LogP contribution in [0.4, 0.5) is 0 Å². The lowest BCUT2D eigenvalue weighted by Gasteiger charge is -2.18. The highest BCUT2D eigenvalue weighted by Gasteiger charge is 2.32. The number of halogens is 1. The molecule has 0 aliphatic carbocycles. The molecule has 0 radical (unpaired) electrons. The van der Waals surface area contributed by atoms with Gasteiger partial charge in [0, 0.05) is 5.02 Å². The van der Waals surface area contributed by atoms with E-state index in [-0.39, 0.29) is 6.02 Å². The standard InChI is InChI=1S/C10H11ClN2O/c1-10(6-14-9(12)13-10)7-3-2-4-8(11)5-7/h2-5H,6H2,1H3,(H2,12,13). The average Bonchev–Trinajstić information content (AvgIpc) is 2.48. The number of aliphatic imine (C=N–C) groups is 1. The van der Waals surface area contributed by atoms with E-state index in [2.05, 4.69) is 4.99 Å². The second-order valence-electron chi connectivity index (χ2n) is 3.52. The van der Waals surface area contributed by atoms with E-state index in [0.717, 1.165) is 5.56 Å². The van der Waals surface area contributed by atoms with E-state index in [9.17, 15) is 0 Å². The van der Waals surface area contributed by atoms with Crippen LogP contribution in [0.2, 0.25) is 5.02 Å². The Morgan fingerprint density at radius 2 is 2.36 bits per heavy atom. The zero-order valence-electron chi connectivity index (χ0n) is 7.83. The monoisotopic (exact) mass is 210 g/mol. The van der Waals surface area contributed by atoms with Crippen LogP contribution < -0.4 is 5.73 Å². The van der Waals surface area contributed by atoms with Crippen molar-refractivity contribution in [1.29, 1.82) is 0 Å². The number of nitrogens with two attached hydrogens (primary N) is 1. The van der Waals surface area contributed by atoms with Crippen LogP contribution in [-0.2, 0) is 10.3 Å². The third kappa shape index (κ3) is 1.55. The highest BCUT2D eigenvalue weighted by molar-refractivity contribution is 6.30. The molecular weight excluding hydrogens is 200 g/mol. The van der Waals surface area contributed by atoms with Gasteiger partial charge in [-0.25, -0.2) is 4.99 Å². The summed E-state index contributed by atoms with van der Waals surface area (Å²) in [5.41, 5.74) is 6.11. The van der Waals surface area contributed by atoms with Crippen molar-refractivity contribution in [1.82, 2.24) is 0 Å². The van der Waals surface area contributed by atoms with Crippen molar-refractivity contribution in [2.75, 3.05) is 6.61 Å². The smallest absolute Gasteiger partial charge is 0.283 e. The Kier molecular flexibility index (Phi) is 2.11. The molecule has 1 unspecified atom stereocenters. The molecule has 1 atom stereocenters. The minimum absolute atomic E-state index is 0.243. The molecule has 4 heteroatoms. The molecule has 0 saturated heterocycles. The molecule has 2 N–H and O–H groups in total. The van der Waals surface area contributed by atoms with Crippen molar-refractivity contribution in [3.63, 3.8) is 0 Å². The molecule has 0 saturated carbocycles.